The fourth-order valence-corrected chi connectivity index (χ4v) is 3.57. The normalized spacial score (nSPS) is 11.5. The molecule has 3 rings (SSSR count). The van der Waals surface area contributed by atoms with Crippen LogP contribution in [0.15, 0.2) is 47.5 Å². The first-order valence-corrected chi connectivity index (χ1v) is 10.2. The Hall–Kier alpha value is -2.97. The second-order valence-electron chi connectivity index (χ2n) is 6.42. The van der Waals surface area contributed by atoms with E-state index in [1.54, 1.807) is 13.1 Å². The number of nitrogens with two attached hydrogens (primary N) is 1. The van der Waals surface area contributed by atoms with E-state index in [-0.39, 0.29) is 16.2 Å². The quantitative estimate of drug-likeness (QED) is 0.487. The highest BCUT2D eigenvalue weighted by atomic mass is 32.2. The van der Waals surface area contributed by atoms with Crippen molar-refractivity contribution >= 4 is 32.7 Å². The largest absolute Gasteiger partial charge is 0.454 e. The molecular weight excluding hydrogens is 380 g/mol. The molecular formula is C20H20N2O5S. The van der Waals surface area contributed by atoms with E-state index in [0.29, 0.717) is 11.1 Å². The molecule has 1 aromatic heterocycles. The molecule has 0 spiro atoms. The predicted octanol–water partition coefficient (Wildman–Crippen LogP) is 2.73. The monoisotopic (exact) mass is 400 g/mol. The van der Waals surface area contributed by atoms with Crippen LogP contribution in [0.3, 0.4) is 0 Å². The summed E-state index contributed by atoms with van der Waals surface area (Å²) in [4.78, 5) is 27.8. The van der Waals surface area contributed by atoms with Crippen molar-refractivity contribution in [3.8, 4) is 0 Å². The first kappa shape index (κ1) is 19.8. The lowest BCUT2D eigenvalue weighted by Crippen LogP contribution is -2.17. The van der Waals surface area contributed by atoms with Crippen molar-refractivity contribution in [3.05, 3.63) is 64.8 Å². The maximum atomic E-state index is 12.6. The first-order valence-electron chi connectivity index (χ1n) is 8.65. The number of hydrogen-bond donors (Lipinski definition) is 2. The summed E-state index contributed by atoms with van der Waals surface area (Å²) in [7, 11) is -3.95. The van der Waals surface area contributed by atoms with E-state index >= 15 is 0 Å². The molecule has 146 valence electrons. The molecule has 0 amide bonds. The minimum Gasteiger partial charge on any atom is -0.454 e. The summed E-state index contributed by atoms with van der Waals surface area (Å²) in [6.45, 7) is 3.20. The van der Waals surface area contributed by atoms with Crippen molar-refractivity contribution in [1.82, 2.24) is 4.98 Å². The number of ether oxygens (including phenoxy) is 1. The summed E-state index contributed by atoms with van der Waals surface area (Å²) in [6, 6.07) is 9.61. The minimum absolute atomic E-state index is 0.0477. The highest BCUT2D eigenvalue weighted by Gasteiger charge is 2.19. The van der Waals surface area contributed by atoms with Crippen molar-refractivity contribution in [1.29, 1.82) is 0 Å². The summed E-state index contributed by atoms with van der Waals surface area (Å²) < 4.78 is 28.1. The van der Waals surface area contributed by atoms with Crippen LogP contribution in [0.2, 0.25) is 0 Å². The van der Waals surface area contributed by atoms with E-state index in [2.05, 4.69) is 4.98 Å². The predicted molar refractivity (Wildman–Crippen MR) is 105 cm³/mol. The Labute approximate surface area is 162 Å². The Morgan fingerprint density at radius 2 is 1.89 bits per heavy atom. The van der Waals surface area contributed by atoms with Gasteiger partial charge in [-0.2, -0.15) is 0 Å². The molecule has 0 aliphatic heterocycles. The topological polar surface area (TPSA) is 119 Å². The smallest absolute Gasteiger partial charge is 0.338 e. The van der Waals surface area contributed by atoms with Gasteiger partial charge in [0.2, 0.25) is 15.8 Å². The van der Waals surface area contributed by atoms with Crippen LogP contribution in [-0.2, 0) is 21.2 Å². The molecule has 1 heterocycles. The van der Waals surface area contributed by atoms with Gasteiger partial charge in [0.25, 0.3) is 0 Å². The molecule has 2 aromatic carbocycles. The van der Waals surface area contributed by atoms with Gasteiger partial charge in [-0.15, -0.1) is 0 Å². The zero-order chi connectivity index (χ0) is 20.5. The van der Waals surface area contributed by atoms with Crippen molar-refractivity contribution in [2.75, 3.05) is 6.61 Å². The molecule has 0 aliphatic rings. The number of carbonyl (C=O) groups is 2. The Morgan fingerprint density at radius 3 is 2.57 bits per heavy atom. The van der Waals surface area contributed by atoms with E-state index in [9.17, 15) is 18.0 Å². The second kappa shape index (κ2) is 7.57. The summed E-state index contributed by atoms with van der Waals surface area (Å²) in [5.41, 5.74) is 2.98. The van der Waals surface area contributed by atoms with E-state index < -0.39 is 22.6 Å². The van der Waals surface area contributed by atoms with Gasteiger partial charge in [0.05, 0.1) is 10.5 Å². The van der Waals surface area contributed by atoms with Gasteiger partial charge in [0, 0.05) is 22.7 Å². The SMILES string of the molecule is CCc1cccc2c(C(=O)COC(=O)c3cc(S(N)(=O)=O)ccc3C)c[nH]c12. The minimum atomic E-state index is -3.95. The lowest BCUT2D eigenvalue weighted by Gasteiger charge is -2.08. The molecule has 0 atom stereocenters. The fraction of sp³-hybridized carbons (Fsp3) is 0.200. The van der Waals surface area contributed by atoms with Gasteiger partial charge in [-0.3, -0.25) is 4.79 Å². The maximum absolute atomic E-state index is 12.6. The number of aromatic nitrogens is 1. The molecule has 3 N–H and O–H groups in total. The van der Waals surface area contributed by atoms with Crippen LogP contribution in [0.4, 0.5) is 0 Å². The second-order valence-corrected chi connectivity index (χ2v) is 7.98. The number of nitrogens with one attached hydrogen (secondary N) is 1. The molecule has 0 saturated carbocycles. The van der Waals surface area contributed by atoms with Gasteiger partial charge in [0.15, 0.2) is 6.61 Å². The molecule has 28 heavy (non-hydrogen) atoms. The molecule has 8 heteroatoms. The van der Waals surface area contributed by atoms with Gasteiger partial charge in [0.1, 0.15) is 0 Å². The van der Waals surface area contributed by atoms with Crippen LogP contribution >= 0.6 is 0 Å². The zero-order valence-corrected chi connectivity index (χ0v) is 16.3. The van der Waals surface area contributed by atoms with Crippen LogP contribution in [0.5, 0.6) is 0 Å². The number of ketones is 1. The molecule has 0 radical (unpaired) electrons. The molecule has 0 unspecified atom stereocenters. The number of aryl methyl sites for hydroxylation is 2. The van der Waals surface area contributed by atoms with E-state index in [1.165, 1.54) is 12.1 Å². The van der Waals surface area contributed by atoms with E-state index in [0.717, 1.165) is 29.0 Å². The molecule has 0 bridgehead atoms. The lowest BCUT2D eigenvalue weighted by atomic mass is 10.1. The number of sulfonamides is 1. The number of fused-ring (bicyclic) bond motifs is 1. The number of para-hydroxylation sites is 1. The van der Waals surface area contributed by atoms with Crippen LogP contribution in [-0.4, -0.2) is 31.8 Å². The lowest BCUT2D eigenvalue weighted by molar-refractivity contribution is 0.0474. The van der Waals surface area contributed by atoms with Crippen molar-refractivity contribution in [3.63, 3.8) is 0 Å². The van der Waals surface area contributed by atoms with Crippen molar-refractivity contribution in [2.24, 2.45) is 5.14 Å². The van der Waals surface area contributed by atoms with E-state index in [1.807, 2.05) is 25.1 Å². The Kier molecular flexibility index (Phi) is 5.35. The third-order valence-electron chi connectivity index (χ3n) is 4.57. The average Bonchev–Trinajstić information content (AvgIpc) is 3.09. The maximum Gasteiger partial charge on any atom is 0.338 e. The molecule has 7 nitrogen and oxygen atoms in total. The van der Waals surface area contributed by atoms with Gasteiger partial charge in [-0.25, -0.2) is 18.4 Å². The average molecular weight is 400 g/mol. The van der Waals surface area contributed by atoms with Gasteiger partial charge >= 0.3 is 5.97 Å². The molecule has 0 fully saturated rings. The summed E-state index contributed by atoms with van der Waals surface area (Å²) >= 11 is 0. The number of aromatic amines is 1. The fourth-order valence-electron chi connectivity index (χ4n) is 3.03. The summed E-state index contributed by atoms with van der Waals surface area (Å²) in [6.07, 6.45) is 2.42. The number of primary sulfonamides is 1. The highest BCUT2D eigenvalue weighted by Crippen LogP contribution is 2.23. The number of Topliss-reactive ketones (excluding diaryl/α,β-unsaturated/α-hetero) is 1. The third kappa shape index (κ3) is 3.83. The molecule has 0 saturated heterocycles. The van der Waals surface area contributed by atoms with Crippen molar-refractivity contribution < 1.29 is 22.7 Å². The summed E-state index contributed by atoms with van der Waals surface area (Å²) in [5, 5.41) is 5.87. The highest BCUT2D eigenvalue weighted by molar-refractivity contribution is 7.89. The Balaban J connectivity index is 1.80. The third-order valence-corrected chi connectivity index (χ3v) is 5.49. The standard InChI is InChI=1S/C20H20N2O5S/c1-3-13-5-4-6-15-17(10-22-19(13)15)18(23)11-27-20(24)16-9-14(28(21,25)26)8-7-12(16)2/h4-10,22H,3,11H2,1-2H3,(H2,21,25,26). The van der Waals surface area contributed by atoms with Crippen LogP contribution in [0.25, 0.3) is 10.9 Å². The van der Waals surface area contributed by atoms with Crippen LogP contribution < -0.4 is 5.14 Å². The number of benzene rings is 2. The van der Waals surface area contributed by atoms with Crippen LogP contribution in [0, 0.1) is 6.92 Å². The Bertz CT molecular complexity index is 1180. The zero-order valence-electron chi connectivity index (χ0n) is 15.5. The number of rotatable bonds is 6. The Morgan fingerprint density at radius 1 is 1.14 bits per heavy atom. The number of H-pyrrole nitrogens is 1. The molecule has 3 aromatic rings. The molecule has 0 aliphatic carbocycles. The van der Waals surface area contributed by atoms with Crippen molar-refractivity contribution in [2.45, 2.75) is 25.2 Å². The first-order chi connectivity index (χ1) is 13.2. The van der Waals surface area contributed by atoms with Gasteiger partial charge in [-0.05, 0) is 36.6 Å². The van der Waals surface area contributed by atoms with Gasteiger partial charge < -0.3 is 9.72 Å². The van der Waals surface area contributed by atoms with E-state index in [4.69, 9.17) is 9.88 Å². The summed E-state index contributed by atoms with van der Waals surface area (Å²) in [5.74, 6) is -1.14. The van der Waals surface area contributed by atoms with Gasteiger partial charge in [-0.1, -0.05) is 31.2 Å². The number of carbonyl (C=O) groups excluding carboxylic acids is 2. The van der Waals surface area contributed by atoms with Crippen LogP contribution in [0.1, 0.15) is 38.8 Å². The number of hydrogen-bond acceptors (Lipinski definition) is 5. The number of esters is 1.